The molecule has 0 saturated carbocycles. The number of carboxylic acid groups (broad SMARTS) is 1. The van der Waals surface area contributed by atoms with Gasteiger partial charge in [-0.15, -0.1) is 0 Å². The summed E-state index contributed by atoms with van der Waals surface area (Å²) in [6.07, 6.45) is -5.01. The fourth-order valence-electron chi connectivity index (χ4n) is 2.44. The summed E-state index contributed by atoms with van der Waals surface area (Å²) in [5.74, 6) is -4.05. The van der Waals surface area contributed by atoms with Crippen LogP contribution in [0.4, 0.5) is 17.6 Å². The second kappa shape index (κ2) is 7.19. The molecular formula is C14H14F4N2O5S. The molecule has 1 aromatic carbocycles. The van der Waals surface area contributed by atoms with E-state index < -0.39 is 50.3 Å². The van der Waals surface area contributed by atoms with Gasteiger partial charge in [0, 0.05) is 26.1 Å². The number of alkyl halides is 3. The van der Waals surface area contributed by atoms with E-state index in [2.05, 4.69) is 0 Å². The van der Waals surface area contributed by atoms with Crippen molar-refractivity contribution in [3.05, 3.63) is 29.6 Å². The lowest BCUT2D eigenvalue weighted by atomic mass is 10.1. The first-order valence-corrected chi connectivity index (χ1v) is 8.77. The Hall–Kier alpha value is -2.21. The number of nitrogens with one attached hydrogen (secondary N) is 1. The highest BCUT2D eigenvalue weighted by Gasteiger charge is 2.34. The Morgan fingerprint density at radius 2 is 2.00 bits per heavy atom. The number of rotatable bonds is 6. The van der Waals surface area contributed by atoms with Crippen LogP contribution in [-0.2, 0) is 25.8 Å². The van der Waals surface area contributed by atoms with E-state index >= 15 is 0 Å². The van der Waals surface area contributed by atoms with E-state index in [1.54, 1.807) is 0 Å². The van der Waals surface area contributed by atoms with Gasteiger partial charge in [0.05, 0.1) is 11.5 Å². The molecule has 2 rings (SSSR count). The van der Waals surface area contributed by atoms with E-state index in [0.29, 0.717) is 12.1 Å². The van der Waals surface area contributed by atoms with Crippen molar-refractivity contribution in [3.63, 3.8) is 0 Å². The Balaban J connectivity index is 2.01. The molecule has 0 aliphatic carbocycles. The molecule has 2 N–H and O–H groups in total. The number of amides is 1. The third-order valence-electron chi connectivity index (χ3n) is 3.79. The van der Waals surface area contributed by atoms with Crippen LogP contribution in [0.3, 0.4) is 0 Å². The van der Waals surface area contributed by atoms with Gasteiger partial charge in [-0.2, -0.15) is 13.2 Å². The van der Waals surface area contributed by atoms with E-state index in [4.69, 9.17) is 5.11 Å². The topological polar surface area (TPSA) is 104 Å². The summed E-state index contributed by atoms with van der Waals surface area (Å²) in [5, 5.41) is 8.85. The highest BCUT2D eigenvalue weighted by molar-refractivity contribution is 7.89. The quantitative estimate of drug-likeness (QED) is 0.698. The number of carbonyl (C=O) groups excluding carboxylic acids is 1. The van der Waals surface area contributed by atoms with E-state index in [9.17, 15) is 35.6 Å². The highest BCUT2D eigenvalue weighted by atomic mass is 32.2. The van der Waals surface area contributed by atoms with Gasteiger partial charge >= 0.3 is 12.1 Å². The fourth-order valence-corrected chi connectivity index (χ4v) is 3.52. The van der Waals surface area contributed by atoms with Crippen molar-refractivity contribution < 1.29 is 40.7 Å². The Morgan fingerprint density at radius 3 is 2.50 bits per heavy atom. The Bertz CT molecular complexity index is 825. The molecule has 1 saturated heterocycles. The first kappa shape index (κ1) is 20.1. The van der Waals surface area contributed by atoms with Crippen molar-refractivity contribution in [3.8, 4) is 0 Å². The number of carboxylic acids is 1. The maximum Gasteiger partial charge on any atom is 0.416 e. The lowest BCUT2D eigenvalue weighted by Gasteiger charge is -2.16. The molecule has 0 aromatic heterocycles. The monoisotopic (exact) mass is 398 g/mol. The van der Waals surface area contributed by atoms with E-state index in [-0.39, 0.29) is 32.1 Å². The van der Waals surface area contributed by atoms with Crippen molar-refractivity contribution in [2.75, 3.05) is 19.6 Å². The van der Waals surface area contributed by atoms with E-state index in [1.807, 2.05) is 4.72 Å². The van der Waals surface area contributed by atoms with E-state index in [1.165, 1.54) is 0 Å². The molecule has 1 atom stereocenters. The van der Waals surface area contributed by atoms with Crippen LogP contribution in [0, 0.1) is 11.7 Å². The molecule has 0 radical (unpaired) electrons. The van der Waals surface area contributed by atoms with Gasteiger partial charge in [0.15, 0.2) is 0 Å². The van der Waals surface area contributed by atoms with Gasteiger partial charge in [-0.05, 0) is 18.2 Å². The van der Waals surface area contributed by atoms with Gasteiger partial charge in [0.1, 0.15) is 10.7 Å². The predicted molar refractivity (Wildman–Crippen MR) is 78.9 cm³/mol. The predicted octanol–water partition coefficient (Wildman–Crippen LogP) is 1.06. The molecule has 1 aromatic rings. The number of likely N-dealkylation sites (tertiary alicyclic amines) is 1. The number of halogens is 4. The summed E-state index contributed by atoms with van der Waals surface area (Å²) >= 11 is 0. The van der Waals surface area contributed by atoms with Crippen LogP contribution in [0.1, 0.15) is 12.0 Å². The van der Waals surface area contributed by atoms with Crippen molar-refractivity contribution in [2.45, 2.75) is 17.5 Å². The zero-order valence-electron chi connectivity index (χ0n) is 13.1. The van der Waals surface area contributed by atoms with Crippen molar-refractivity contribution in [1.82, 2.24) is 9.62 Å². The molecule has 12 heteroatoms. The van der Waals surface area contributed by atoms with Gasteiger partial charge < -0.3 is 10.0 Å². The van der Waals surface area contributed by atoms with Gasteiger partial charge in [-0.25, -0.2) is 17.5 Å². The Morgan fingerprint density at radius 1 is 1.35 bits per heavy atom. The Labute approximate surface area is 145 Å². The third-order valence-corrected chi connectivity index (χ3v) is 5.28. The van der Waals surface area contributed by atoms with E-state index in [0.717, 1.165) is 4.90 Å². The molecule has 7 nitrogen and oxygen atoms in total. The van der Waals surface area contributed by atoms with Crippen LogP contribution in [0.5, 0.6) is 0 Å². The smallest absolute Gasteiger partial charge is 0.416 e. The molecule has 1 aliphatic heterocycles. The second-order valence-electron chi connectivity index (χ2n) is 5.62. The van der Waals surface area contributed by atoms with Crippen molar-refractivity contribution >= 4 is 21.9 Å². The first-order valence-electron chi connectivity index (χ1n) is 7.29. The lowest BCUT2D eigenvalue weighted by molar-refractivity contribution is -0.141. The highest BCUT2D eigenvalue weighted by Crippen LogP contribution is 2.31. The number of hydrogen-bond acceptors (Lipinski definition) is 4. The van der Waals surface area contributed by atoms with Gasteiger partial charge in [-0.3, -0.25) is 9.59 Å². The molecule has 0 spiro atoms. The van der Waals surface area contributed by atoms with Crippen LogP contribution < -0.4 is 4.72 Å². The number of nitrogens with zero attached hydrogens (tertiary/aromatic N) is 1. The van der Waals surface area contributed by atoms with Gasteiger partial charge in [0.2, 0.25) is 15.9 Å². The van der Waals surface area contributed by atoms with Gasteiger partial charge in [-0.1, -0.05) is 0 Å². The van der Waals surface area contributed by atoms with Crippen LogP contribution in [-0.4, -0.2) is 49.9 Å². The molecule has 26 heavy (non-hydrogen) atoms. The van der Waals surface area contributed by atoms with Crippen LogP contribution in [0.25, 0.3) is 0 Å². The Kier molecular flexibility index (Phi) is 5.56. The maximum absolute atomic E-state index is 13.8. The summed E-state index contributed by atoms with van der Waals surface area (Å²) in [5.41, 5.74) is -1.32. The van der Waals surface area contributed by atoms with Crippen LogP contribution >= 0.6 is 0 Å². The molecular weight excluding hydrogens is 384 g/mol. The minimum atomic E-state index is -4.81. The average molecular weight is 398 g/mol. The molecule has 1 unspecified atom stereocenters. The van der Waals surface area contributed by atoms with Crippen LogP contribution in [0.2, 0.25) is 0 Å². The second-order valence-corrected chi connectivity index (χ2v) is 7.36. The van der Waals surface area contributed by atoms with Crippen molar-refractivity contribution in [2.24, 2.45) is 5.92 Å². The zero-order chi connectivity index (χ0) is 19.7. The lowest BCUT2D eigenvalue weighted by Crippen LogP contribution is -2.36. The fraction of sp³-hybridized carbons (Fsp3) is 0.429. The zero-order valence-corrected chi connectivity index (χ0v) is 13.9. The number of sulfonamides is 1. The number of hydrogen-bond donors (Lipinski definition) is 2. The SMILES string of the molecule is O=C(O)C1CC(=O)N(CCNS(=O)(=O)c2ccc(C(F)(F)F)cc2F)C1. The largest absolute Gasteiger partial charge is 0.481 e. The number of aliphatic carboxylic acids is 1. The first-order chi connectivity index (χ1) is 11.9. The summed E-state index contributed by atoms with van der Waals surface area (Å²) in [6.45, 7) is -0.574. The standard InChI is InChI=1S/C14H14F4N2O5S/c15-10-6-9(14(16,17)18)1-2-11(10)26(24,25)19-3-4-20-7-8(13(22)23)5-12(20)21/h1-2,6,8,19H,3-5,7H2,(H,22,23). The molecule has 0 bridgehead atoms. The minimum Gasteiger partial charge on any atom is -0.481 e. The van der Waals surface area contributed by atoms with Crippen molar-refractivity contribution in [1.29, 1.82) is 0 Å². The average Bonchev–Trinajstić information content (AvgIpc) is 2.87. The number of benzene rings is 1. The molecule has 1 amide bonds. The molecule has 1 heterocycles. The maximum atomic E-state index is 13.8. The number of carbonyl (C=O) groups is 2. The summed E-state index contributed by atoms with van der Waals surface area (Å²) in [6, 6.07) is 1.02. The van der Waals surface area contributed by atoms with Gasteiger partial charge in [0.25, 0.3) is 0 Å². The molecule has 1 aliphatic rings. The summed E-state index contributed by atoms with van der Waals surface area (Å²) in [7, 11) is -4.44. The molecule has 1 fully saturated rings. The summed E-state index contributed by atoms with van der Waals surface area (Å²) < 4.78 is 77.2. The summed E-state index contributed by atoms with van der Waals surface area (Å²) in [4.78, 5) is 22.6. The third kappa shape index (κ3) is 4.49. The molecule has 144 valence electrons. The van der Waals surface area contributed by atoms with Crippen LogP contribution in [0.15, 0.2) is 23.1 Å². The normalized spacial score (nSPS) is 18.4. The minimum absolute atomic E-state index is 0.0788.